The molecule has 10 heteroatoms. The largest absolute Gasteiger partial charge is 0.508 e. The molecule has 4 N–H and O–H groups in total. The molecule has 0 amide bonds. The summed E-state index contributed by atoms with van der Waals surface area (Å²) in [6.45, 7) is 0. The van der Waals surface area contributed by atoms with E-state index in [0.29, 0.717) is 5.56 Å². The summed E-state index contributed by atoms with van der Waals surface area (Å²) < 4.78 is 14.4. The maximum Gasteiger partial charge on any atom is 0.350 e. The van der Waals surface area contributed by atoms with Crippen LogP contribution in [0.5, 0.6) is 17.2 Å². The van der Waals surface area contributed by atoms with Gasteiger partial charge in [-0.05, 0) is 41.5 Å². The van der Waals surface area contributed by atoms with Crippen LogP contribution in [0, 0.1) is 0 Å². The van der Waals surface area contributed by atoms with Crippen molar-refractivity contribution in [2.45, 2.75) is 18.1 Å². The van der Waals surface area contributed by atoms with Crippen LogP contribution in [-0.2, 0) is 30.3 Å². The van der Waals surface area contributed by atoms with E-state index in [1.54, 1.807) is 0 Å². The minimum atomic E-state index is -2.86. The molecule has 0 heterocycles. The molecule has 0 fully saturated rings. The number of aromatic hydroxyl groups is 2. The zero-order valence-electron chi connectivity index (χ0n) is 17.2. The van der Waals surface area contributed by atoms with Crippen LogP contribution in [-0.4, -0.2) is 64.3 Å². The van der Waals surface area contributed by atoms with Gasteiger partial charge >= 0.3 is 17.9 Å². The SMILES string of the molecule is COC(=O)C(OC(=O)C=Cc1ccc(OC)c(O)c1)C(O)(Cc1ccc(O)cc1)C(=O)O. The second-order valence-electron chi connectivity index (χ2n) is 6.68. The van der Waals surface area contributed by atoms with Gasteiger partial charge in [0.25, 0.3) is 0 Å². The highest BCUT2D eigenvalue weighted by Crippen LogP contribution is 2.27. The number of hydrogen-bond donors (Lipinski definition) is 4. The Hall–Kier alpha value is -4.05. The van der Waals surface area contributed by atoms with Crippen molar-refractivity contribution in [3.63, 3.8) is 0 Å². The number of methoxy groups -OCH3 is 2. The second-order valence-corrected chi connectivity index (χ2v) is 6.68. The van der Waals surface area contributed by atoms with Crippen LogP contribution in [0.15, 0.2) is 48.5 Å². The van der Waals surface area contributed by atoms with Gasteiger partial charge in [-0.1, -0.05) is 18.2 Å². The molecule has 0 radical (unpaired) electrons. The van der Waals surface area contributed by atoms with E-state index in [9.17, 15) is 34.8 Å². The Morgan fingerprint density at radius 3 is 2.25 bits per heavy atom. The summed E-state index contributed by atoms with van der Waals surface area (Å²) in [5, 5.41) is 39.5. The summed E-state index contributed by atoms with van der Waals surface area (Å²) in [5.74, 6) is -4.28. The Balaban J connectivity index is 2.27. The number of aliphatic hydroxyl groups is 1. The fourth-order valence-corrected chi connectivity index (χ4v) is 2.78. The highest BCUT2D eigenvalue weighted by molar-refractivity contribution is 5.93. The lowest BCUT2D eigenvalue weighted by Crippen LogP contribution is -2.57. The first kappa shape index (κ1) is 24.2. The number of carbonyl (C=O) groups is 3. The molecule has 0 saturated heterocycles. The quantitative estimate of drug-likeness (QED) is 0.326. The predicted molar refractivity (Wildman–Crippen MR) is 110 cm³/mol. The third-order valence-corrected chi connectivity index (χ3v) is 4.48. The van der Waals surface area contributed by atoms with Crippen molar-refractivity contribution >= 4 is 24.0 Å². The molecule has 0 spiro atoms. The summed E-state index contributed by atoms with van der Waals surface area (Å²) in [7, 11) is 2.32. The fraction of sp³-hybridized carbons (Fsp3) is 0.227. The third kappa shape index (κ3) is 5.76. The number of carbonyl (C=O) groups excluding carboxylic acids is 2. The van der Waals surface area contributed by atoms with Crippen LogP contribution < -0.4 is 4.74 Å². The maximum absolute atomic E-state index is 12.3. The number of hydrogen-bond acceptors (Lipinski definition) is 9. The van der Waals surface area contributed by atoms with Gasteiger partial charge in [-0.15, -0.1) is 0 Å². The van der Waals surface area contributed by atoms with Gasteiger partial charge in [0.05, 0.1) is 14.2 Å². The minimum absolute atomic E-state index is 0.0849. The van der Waals surface area contributed by atoms with Crippen molar-refractivity contribution < 1.29 is 49.0 Å². The second kappa shape index (κ2) is 10.3. The number of carboxylic acid groups (broad SMARTS) is 1. The molecule has 10 nitrogen and oxygen atoms in total. The monoisotopic (exact) mass is 446 g/mol. The summed E-state index contributed by atoms with van der Waals surface area (Å²) in [4.78, 5) is 36.3. The van der Waals surface area contributed by atoms with E-state index >= 15 is 0 Å². The van der Waals surface area contributed by atoms with Crippen molar-refractivity contribution in [3.8, 4) is 17.2 Å². The molecule has 0 aliphatic rings. The predicted octanol–water partition coefficient (Wildman–Crippen LogP) is 1.26. The lowest BCUT2D eigenvalue weighted by Gasteiger charge is -2.29. The van der Waals surface area contributed by atoms with Crippen LogP contribution in [0.25, 0.3) is 6.08 Å². The van der Waals surface area contributed by atoms with Gasteiger partial charge in [0.15, 0.2) is 11.5 Å². The molecule has 0 aliphatic heterocycles. The number of ether oxygens (including phenoxy) is 3. The van der Waals surface area contributed by atoms with E-state index in [1.165, 1.54) is 55.7 Å². The number of rotatable bonds is 9. The van der Waals surface area contributed by atoms with Gasteiger partial charge in [0.2, 0.25) is 11.7 Å². The number of carboxylic acids is 1. The molecule has 2 unspecified atom stereocenters. The van der Waals surface area contributed by atoms with Crippen LogP contribution >= 0.6 is 0 Å². The van der Waals surface area contributed by atoms with E-state index < -0.39 is 36.0 Å². The van der Waals surface area contributed by atoms with Gasteiger partial charge < -0.3 is 34.6 Å². The Kier molecular flexibility index (Phi) is 7.81. The summed E-state index contributed by atoms with van der Waals surface area (Å²) in [5.41, 5.74) is -2.22. The summed E-state index contributed by atoms with van der Waals surface area (Å²) in [6, 6.07) is 9.51. The number of benzene rings is 2. The van der Waals surface area contributed by atoms with Crippen molar-refractivity contribution in [1.82, 2.24) is 0 Å². The Morgan fingerprint density at radius 1 is 1.06 bits per heavy atom. The van der Waals surface area contributed by atoms with Crippen molar-refractivity contribution in [2.75, 3.05) is 14.2 Å². The van der Waals surface area contributed by atoms with Crippen LogP contribution in [0.3, 0.4) is 0 Å². The lowest BCUT2D eigenvalue weighted by molar-refractivity contribution is -0.193. The third-order valence-electron chi connectivity index (χ3n) is 4.48. The molecule has 2 aromatic carbocycles. The number of aliphatic carboxylic acids is 1. The summed E-state index contributed by atoms with van der Waals surface area (Å²) >= 11 is 0. The highest BCUT2D eigenvalue weighted by atomic mass is 16.6. The highest BCUT2D eigenvalue weighted by Gasteiger charge is 2.51. The summed E-state index contributed by atoms with van der Waals surface area (Å²) in [6.07, 6.45) is -0.679. The van der Waals surface area contributed by atoms with Gasteiger partial charge in [-0.25, -0.2) is 14.4 Å². The molecule has 2 rings (SSSR count). The standard InChI is InChI=1S/C22H22O10/c1-30-17-9-5-13(11-16(17)24)6-10-18(25)32-19(20(26)31-2)22(29,21(27)28)12-14-3-7-15(23)8-4-14/h3-11,19,23-24,29H,12H2,1-2H3,(H,27,28). The molecular weight excluding hydrogens is 424 g/mol. The van der Waals surface area contributed by atoms with Crippen molar-refractivity contribution in [2.24, 2.45) is 0 Å². The van der Waals surface area contributed by atoms with Crippen LogP contribution in [0.1, 0.15) is 11.1 Å². The van der Waals surface area contributed by atoms with Gasteiger partial charge in [-0.3, -0.25) is 0 Å². The fourth-order valence-electron chi connectivity index (χ4n) is 2.78. The zero-order valence-corrected chi connectivity index (χ0v) is 17.2. The normalized spacial score (nSPS) is 13.7. The zero-order chi connectivity index (χ0) is 23.9. The first-order valence-corrected chi connectivity index (χ1v) is 9.18. The van der Waals surface area contributed by atoms with Gasteiger partial charge in [0, 0.05) is 12.5 Å². The molecule has 0 aliphatic carbocycles. The molecule has 2 aromatic rings. The molecular formula is C22H22O10. The maximum atomic E-state index is 12.3. The molecule has 32 heavy (non-hydrogen) atoms. The van der Waals surface area contributed by atoms with Crippen LogP contribution in [0.4, 0.5) is 0 Å². The molecule has 0 bridgehead atoms. The smallest absolute Gasteiger partial charge is 0.350 e. The molecule has 2 atom stereocenters. The number of esters is 2. The Bertz CT molecular complexity index is 1010. The average Bonchev–Trinajstić information content (AvgIpc) is 2.77. The van der Waals surface area contributed by atoms with Crippen molar-refractivity contribution in [3.05, 3.63) is 59.7 Å². The van der Waals surface area contributed by atoms with Gasteiger partial charge in [0.1, 0.15) is 5.75 Å². The first-order valence-electron chi connectivity index (χ1n) is 9.18. The van der Waals surface area contributed by atoms with E-state index in [1.807, 2.05) is 0 Å². The van der Waals surface area contributed by atoms with E-state index in [-0.39, 0.29) is 22.8 Å². The molecule has 0 aromatic heterocycles. The van der Waals surface area contributed by atoms with Crippen LogP contribution in [0.2, 0.25) is 0 Å². The Morgan fingerprint density at radius 2 is 1.72 bits per heavy atom. The molecule has 0 saturated carbocycles. The van der Waals surface area contributed by atoms with E-state index in [0.717, 1.165) is 13.2 Å². The lowest BCUT2D eigenvalue weighted by atomic mass is 9.88. The van der Waals surface area contributed by atoms with Gasteiger partial charge in [-0.2, -0.15) is 0 Å². The van der Waals surface area contributed by atoms with Crippen molar-refractivity contribution in [1.29, 1.82) is 0 Å². The Labute approximate surface area is 182 Å². The molecule has 170 valence electrons. The average molecular weight is 446 g/mol. The van der Waals surface area contributed by atoms with E-state index in [4.69, 9.17) is 9.47 Å². The topological polar surface area (TPSA) is 160 Å². The number of phenolic OH excluding ortho intramolecular Hbond substituents is 2. The number of phenols is 2. The van der Waals surface area contributed by atoms with E-state index in [2.05, 4.69) is 4.74 Å². The minimum Gasteiger partial charge on any atom is -0.508 e. The first-order chi connectivity index (χ1) is 15.1.